The lowest BCUT2D eigenvalue weighted by Crippen LogP contribution is -2.51. The van der Waals surface area contributed by atoms with E-state index in [1.807, 2.05) is 0 Å². The Morgan fingerprint density at radius 1 is 1.53 bits per heavy atom. The number of rotatable bonds is 3. The van der Waals surface area contributed by atoms with Crippen LogP contribution in [0.1, 0.15) is 30.1 Å². The molecule has 1 aromatic rings. The van der Waals surface area contributed by atoms with Gasteiger partial charge in [-0.3, -0.25) is 4.79 Å². The fourth-order valence-corrected chi connectivity index (χ4v) is 2.32. The summed E-state index contributed by atoms with van der Waals surface area (Å²) >= 11 is 0. The topological polar surface area (TPSA) is 70.6 Å². The average molecular weight is 264 g/mol. The van der Waals surface area contributed by atoms with Gasteiger partial charge in [0.2, 0.25) is 0 Å². The number of methoxy groups -OCH3 is 1. The second kappa shape index (κ2) is 5.93. The minimum absolute atomic E-state index is 0.0618. The molecule has 2 atom stereocenters. The van der Waals surface area contributed by atoms with Crippen LogP contribution in [-0.4, -0.2) is 36.8 Å². The fraction of sp³-hybridized carbons (Fsp3) is 0.500. The molecule has 3 N–H and O–H groups in total. The minimum atomic E-state index is -0.249. The number of carbonyl (C=O) groups is 1. The van der Waals surface area contributed by atoms with E-state index in [-0.39, 0.29) is 29.3 Å². The van der Waals surface area contributed by atoms with E-state index in [2.05, 4.69) is 17.6 Å². The summed E-state index contributed by atoms with van der Waals surface area (Å²) in [6.07, 6.45) is 2.00. The Kier molecular flexibility index (Phi) is 4.27. The first-order valence-electron chi connectivity index (χ1n) is 6.53. The van der Waals surface area contributed by atoms with Crippen molar-refractivity contribution in [1.82, 2.24) is 10.6 Å². The number of amides is 1. The van der Waals surface area contributed by atoms with E-state index >= 15 is 0 Å². The van der Waals surface area contributed by atoms with Crippen molar-refractivity contribution in [1.29, 1.82) is 0 Å². The molecule has 1 aliphatic heterocycles. The summed E-state index contributed by atoms with van der Waals surface area (Å²) in [6.45, 7) is 3.04. The zero-order valence-corrected chi connectivity index (χ0v) is 11.3. The minimum Gasteiger partial charge on any atom is -0.507 e. The van der Waals surface area contributed by atoms with Crippen LogP contribution < -0.4 is 15.4 Å². The molecular formula is C14H20N2O3. The Labute approximate surface area is 113 Å². The number of aromatic hydroxyl groups is 1. The third kappa shape index (κ3) is 3.17. The smallest absolute Gasteiger partial charge is 0.255 e. The molecule has 2 rings (SSSR count). The predicted octanol–water partition coefficient (Wildman–Crippen LogP) is 1.27. The largest absolute Gasteiger partial charge is 0.507 e. The summed E-state index contributed by atoms with van der Waals surface area (Å²) in [6, 6.07) is 5.03. The number of hydrogen-bond donors (Lipinski definition) is 3. The normalized spacial score (nSPS) is 22.8. The SMILES string of the molecule is COc1ccc(C(=O)NC2CCCNC2C)c(O)c1. The summed E-state index contributed by atoms with van der Waals surface area (Å²) in [5, 5.41) is 16.1. The Hall–Kier alpha value is -1.75. The van der Waals surface area contributed by atoms with Crippen molar-refractivity contribution in [3.05, 3.63) is 23.8 Å². The Bertz CT molecular complexity index is 462. The third-order valence-electron chi connectivity index (χ3n) is 3.53. The van der Waals surface area contributed by atoms with Gasteiger partial charge in [0.25, 0.3) is 5.91 Å². The van der Waals surface area contributed by atoms with E-state index in [0.717, 1.165) is 19.4 Å². The van der Waals surface area contributed by atoms with E-state index in [1.165, 1.54) is 13.2 Å². The predicted molar refractivity (Wildman–Crippen MR) is 72.6 cm³/mol. The van der Waals surface area contributed by atoms with Crippen LogP contribution in [0.2, 0.25) is 0 Å². The zero-order valence-electron chi connectivity index (χ0n) is 11.3. The number of phenolic OH excluding ortho intramolecular Hbond substituents is 1. The van der Waals surface area contributed by atoms with Gasteiger partial charge >= 0.3 is 0 Å². The van der Waals surface area contributed by atoms with Crippen LogP contribution in [0, 0.1) is 0 Å². The number of phenols is 1. The highest BCUT2D eigenvalue weighted by Crippen LogP contribution is 2.23. The van der Waals surface area contributed by atoms with Crippen molar-refractivity contribution in [2.75, 3.05) is 13.7 Å². The first-order valence-corrected chi connectivity index (χ1v) is 6.53. The number of benzene rings is 1. The molecule has 0 aliphatic carbocycles. The molecular weight excluding hydrogens is 244 g/mol. The standard InChI is InChI=1S/C14H20N2O3/c1-9-12(4-3-7-15-9)16-14(18)11-6-5-10(19-2)8-13(11)17/h5-6,8-9,12,15,17H,3-4,7H2,1-2H3,(H,16,18). The summed E-state index contributed by atoms with van der Waals surface area (Å²) in [5.41, 5.74) is 0.276. The van der Waals surface area contributed by atoms with Crippen molar-refractivity contribution >= 4 is 5.91 Å². The molecule has 1 aromatic carbocycles. The molecule has 1 amide bonds. The molecule has 1 aliphatic rings. The molecule has 104 valence electrons. The van der Waals surface area contributed by atoms with E-state index in [9.17, 15) is 9.90 Å². The summed E-state index contributed by atoms with van der Waals surface area (Å²) < 4.78 is 5.00. The lowest BCUT2D eigenvalue weighted by molar-refractivity contribution is 0.0917. The maximum atomic E-state index is 12.1. The van der Waals surface area contributed by atoms with Gasteiger partial charge in [0.15, 0.2) is 0 Å². The highest BCUT2D eigenvalue weighted by molar-refractivity contribution is 5.97. The summed E-state index contributed by atoms with van der Waals surface area (Å²) in [5.74, 6) is 0.218. The highest BCUT2D eigenvalue weighted by Gasteiger charge is 2.23. The maximum absolute atomic E-state index is 12.1. The maximum Gasteiger partial charge on any atom is 0.255 e. The molecule has 0 spiro atoms. The van der Waals surface area contributed by atoms with E-state index in [0.29, 0.717) is 5.75 Å². The van der Waals surface area contributed by atoms with Gasteiger partial charge in [0, 0.05) is 18.2 Å². The summed E-state index contributed by atoms with van der Waals surface area (Å²) in [4.78, 5) is 12.1. The average Bonchev–Trinajstić information content (AvgIpc) is 2.41. The third-order valence-corrected chi connectivity index (χ3v) is 3.53. The van der Waals surface area contributed by atoms with E-state index in [4.69, 9.17) is 4.74 Å². The number of nitrogens with one attached hydrogen (secondary N) is 2. The van der Waals surface area contributed by atoms with E-state index < -0.39 is 0 Å². The Morgan fingerprint density at radius 2 is 2.32 bits per heavy atom. The van der Waals surface area contributed by atoms with Crippen LogP contribution in [-0.2, 0) is 0 Å². The van der Waals surface area contributed by atoms with Gasteiger partial charge in [-0.15, -0.1) is 0 Å². The van der Waals surface area contributed by atoms with Crippen LogP contribution in [0.25, 0.3) is 0 Å². The first kappa shape index (κ1) is 13.7. The first-order chi connectivity index (χ1) is 9.11. The molecule has 0 radical (unpaired) electrons. The molecule has 1 fully saturated rings. The molecule has 0 aromatic heterocycles. The molecule has 19 heavy (non-hydrogen) atoms. The Balaban J connectivity index is 2.07. The number of carbonyl (C=O) groups excluding carboxylic acids is 1. The fourth-order valence-electron chi connectivity index (χ4n) is 2.32. The molecule has 1 saturated heterocycles. The molecule has 1 heterocycles. The van der Waals surface area contributed by atoms with Gasteiger partial charge in [0.05, 0.1) is 12.7 Å². The second-order valence-corrected chi connectivity index (χ2v) is 4.85. The quantitative estimate of drug-likeness (QED) is 0.769. The van der Waals surface area contributed by atoms with Gasteiger partial charge in [-0.2, -0.15) is 0 Å². The van der Waals surface area contributed by atoms with Gasteiger partial charge < -0.3 is 20.5 Å². The van der Waals surface area contributed by atoms with Gasteiger partial charge in [-0.05, 0) is 38.4 Å². The van der Waals surface area contributed by atoms with Crippen molar-refractivity contribution in [2.45, 2.75) is 31.8 Å². The van der Waals surface area contributed by atoms with Crippen molar-refractivity contribution in [3.8, 4) is 11.5 Å². The van der Waals surface area contributed by atoms with E-state index in [1.54, 1.807) is 12.1 Å². The Morgan fingerprint density at radius 3 is 2.95 bits per heavy atom. The van der Waals surface area contributed by atoms with Crippen molar-refractivity contribution < 1.29 is 14.6 Å². The molecule has 2 unspecified atom stereocenters. The van der Waals surface area contributed by atoms with Crippen LogP contribution >= 0.6 is 0 Å². The zero-order chi connectivity index (χ0) is 13.8. The number of piperidine rings is 1. The van der Waals surface area contributed by atoms with Crippen LogP contribution in [0.15, 0.2) is 18.2 Å². The van der Waals surface area contributed by atoms with Crippen LogP contribution in [0.4, 0.5) is 0 Å². The van der Waals surface area contributed by atoms with Gasteiger partial charge in [-0.1, -0.05) is 0 Å². The van der Waals surface area contributed by atoms with Crippen LogP contribution in [0.5, 0.6) is 11.5 Å². The van der Waals surface area contributed by atoms with Crippen molar-refractivity contribution in [2.24, 2.45) is 0 Å². The summed E-state index contributed by atoms with van der Waals surface area (Å²) in [7, 11) is 1.52. The lowest BCUT2D eigenvalue weighted by atomic mass is 9.99. The number of hydrogen-bond acceptors (Lipinski definition) is 4. The monoisotopic (exact) mass is 264 g/mol. The molecule has 5 nitrogen and oxygen atoms in total. The molecule has 0 saturated carbocycles. The molecule has 5 heteroatoms. The van der Waals surface area contributed by atoms with Gasteiger partial charge in [0.1, 0.15) is 11.5 Å². The lowest BCUT2D eigenvalue weighted by Gasteiger charge is -2.30. The second-order valence-electron chi connectivity index (χ2n) is 4.85. The van der Waals surface area contributed by atoms with Crippen LogP contribution in [0.3, 0.4) is 0 Å². The molecule has 0 bridgehead atoms. The highest BCUT2D eigenvalue weighted by atomic mass is 16.5. The van der Waals surface area contributed by atoms with Crippen molar-refractivity contribution in [3.63, 3.8) is 0 Å². The number of ether oxygens (including phenoxy) is 1. The van der Waals surface area contributed by atoms with Gasteiger partial charge in [-0.25, -0.2) is 0 Å².